The van der Waals surface area contributed by atoms with E-state index in [9.17, 15) is 15.0 Å². The topological polar surface area (TPSA) is 95.6 Å². The number of pyridine rings is 1. The molecule has 0 bridgehead atoms. The number of rotatable bonds is 3. The number of aromatic nitrogens is 1. The number of nitrogens with zero attached hydrogens (tertiary/aromatic N) is 1. The van der Waals surface area contributed by atoms with Gasteiger partial charge in [-0.3, -0.25) is 15.1 Å². The summed E-state index contributed by atoms with van der Waals surface area (Å²) < 4.78 is 5.50. The van der Waals surface area contributed by atoms with Crippen LogP contribution in [0.5, 0.6) is 11.5 Å². The van der Waals surface area contributed by atoms with Gasteiger partial charge in [0.1, 0.15) is 0 Å². The molecule has 0 saturated heterocycles. The third-order valence-corrected chi connectivity index (χ3v) is 3.97. The maximum Gasteiger partial charge on any atom is 0.258 e. The summed E-state index contributed by atoms with van der Waals surface area (Å²) >= 11 is 0. The molecule has 0 unspecified atom stereocenters. The Labute approximate surface area is 148 Å². The van der Waals surface area contributed by atoms with E-state index in [1.54, 1.807) is 36.4 Å². The molecule has 0 aliphatic carbocycles. The van der Waals surface area contributed by atoms with Crippen molar-refractivity contribution in [3.63, 3.8) is 0 Å². The Morgan fingerprint density at radius 3 is 2.50 bits per heavy atom. The zero-order valence-electron chi connectivity index (χ0n) is 13.5. The summed E-state index contributed by atoms with van der Waals surface area (Å²) in [7, 11) is 0. The first-order chi connectivity index (χ1) is 12.6. The van der Waals surface area contributed by atoms with Gasteiger partial charge in [-0.2, -0.15) is 0 Å². The summed E-state index contributed by atoms with van der Waals surface area (Å²) in [5.74, 6) is -1.63. The minimum atomic E-state index is -0.530. The molecule has 0 fully saturated rings. The highest BCUT2D eigenvalue weighted by Crippen LogP contribution is 2.45. The molecule has 2 aromatic heterocycles. The molecule has 3 N–H and O–H groups in total. The molecule has 0 spiro atoms. The summed E-state index contributed by atoms with van der Waals surface area (Å²) in [6, 6.07) is 17.8. The third kappa shape index (κ3) is 2.73. The number of furan rings is 1. The Bertz CT molecular complexity index is 1100. The van der Waals surface area contributed by atoms with Gasteiger partial charge in [0.25, 0.3) is 5.91 Å². The van der Waals surface area contributed by atoms with Crippen LogP contribution in [0.25, 0.3) is 22.2 Å². The highest BCUT2D eigenvalue weighted by atomic mass is 16.4. The molecule has 4 rings (SSSR count). The standard InChI is InChI=1S/C20H14N2O4/c23-16-17(24)20(22-19(25)12-6-2-1-3-7-12)26-18(16)14-10-13-8-4-5-9-15(13)21-11-14/h1-11,23-24H,(H,22,25). The second-order valence-electron chi connectivity index (χ2n) is 5.69. The molecule has 2 aromatic carbocycles. The fraction of sp³-hybridized carbons (Fsp3) is 0. The lowest BCUT2D eigenvalue weighted by molar-refractivity contribution is 0.102. The number of aromatic hydroxyl groups is 2. The van der Waals surface area contributed by atoms with Gasteiger partial charge in [-0.25, -0.2) is 0 Å². The van der Waals surface area contributed by atoms with E-state index in [4.69, 9.17) is 4.42 Å². The summed E-state index contributed by atoms with van der Waals surface area (Å²) in [4.78, 5) is 16.5. The summed E-state index contributed by atoms with van der Waals surface area (Å²) in [6.07, 6.45) is 1.53. The minimum absolute atomic E-state index is 0.0316. The number of nitrogens with one attached hydrogen (secondary N) is 1. The Morgan fingerprint density at radius 1 is 0.962 bits per heavy atom. The normalized spacial score (nSPS) is 10.8. The van der Waals surface area contributed by atoms with Gasteiger partial charge in [0.15, 0.2) is 5.76 Å². The van der Waals surface area contributed by atoms with Crippen molar-refractivity contribution < 1.29 is 19.4 Å². The van der Waals surface area contributed by atoms with Crippen LogP contribution in [-0.4, -0.2) is 21.1 Å². The fourth-order valence-electron chi connectivity index (χ4n) is 2.65. The third-order valence-electron chi connectivity index (χ3n) is 3.97. The van der Waals surface area contributed by atoms with E-state index in [1.807, 2.05) is 24.3 Å². The van der Waals surface area contributed by atoms with Crippen molar-refractivity contribution in [1.82, 2.24) is 4.98 Å². The van der Waals surface area contributed by atoms with Crippen LogP contribution in [0.4, 0.5) is 5.88 Å². The summed E-state index contributed by atoms with van der Waals surface area (Å²) in [5.41, 5.74) is 1.68. The number of carbonyl (C=O) groups is 1. The van der Waals surface area contributed by atoms with Crippen molar-refractivity contribution >= 4 is 22.7 Å². The first kappa shape index (κ1) is 15.7. The zero-order valence-corrected chi connectivity index (χ0v) is 13.5. The number of hydrogen-bond acceptors (Lipinski definition) is 5. The number of anilines is 1. The van der Waals surface area contributed by atoms with Crippen molar-refractivity contribution in [1.29, 1.82) is 0 Å². The van der Waals surface area contributed by atoms with Gasteiger partial charge in [0.2, 0.25) is 17.4 Å². The van der Waals surface area contributed by atoms with Crippen LogP contribution in [-0.2, 0) is 0 Å². The van der Waals surface area contributed by atoms with E-state index in [2.05, 4.69) is 10.3 Å². The van der Waals surface area contributed by atoms with Crippen molar-refractivity contribution in [2.45, 2.75) is 0 Å². The van der Waals surface area contributed by atoms with Crippen LogP contribution in [0.15, 0.2) is 71.3 Å². The van der Waals surface area contributed by atoms with Crippen LogP contribution in [0.3, 0.4) is 0 Å². The first-order valence-electron chi connectivity index (χ1n) is 7.90. The van der Waals surface area contributed by atoms with Crippen LogP contribution in [0.1, 0.15) is 10.4 Å². The Balaban J connectivity index is 1.70. The highest BCUT2D eigenvalue weighted by Gasteiger charge is 2.23. The molecule has 0 saturated carbocycles. The van der Waals surface area contributed by atoms with Crippen molar-refractivity contribution in [2.24, 2.45) is 0 Å². The SMILES string of the molecule is O=C(Nc1oc(-c2cnc3ccccc3c2)c(O)c1O)c1ccccc1. The van der Waals surface area contributed by atoms with Crippen LogP contribution < -0.4 is 5.32 Å². The van der Waals surface area contributed by atoms with E-state index in [1.165, 1.54) is 6.20 Å². The fourth-order valence-corrected chi connectivity index (χ4v) is 2.65. The van der Waals surface area contributed by atoms with Gasteiger partial charge < -0.3 is 14.6 Å². The maximum atomic E-state index is 12.2. The molecule has 1 amide bonds. The van der Waals surface area contributed by atoms with E-state index < -0.39 is 17.4 Å². The van der Waals surface area contributed by atoms with Crippen LogP contribution >= 0.6 is 0 Å². The number of carbonyl (C=O) groups excluding carboxylic acids is 1. The molecule has 2 heterocycles. The molecule has 0 aliphatic rings. The van der Waals surface area contributed by atoms with Crippen molar-refractivity contribution in [2.75, 3.05) is 5.32 Å². The quantitative estimate of drug-likeness (QED) is 0.518. The molecule has 0 atom stereocenters. The van der Waals surface area contributed by atoms with Gasteiger partial charge in [-0.1, -0.05) is 36.4 Å². The monoisotopic (exact) mass is 346 g/mol. The van der Waals surface area contributed by atoms with E-state index >= 15 is 0 Å². The number of amides is 1. The van der Waals surface area contributed by atoms with Crippen LogP contribution in [0.2, 0.25) is 0 Å². The lowest BCUT2D eigenvalue weighted by Crippen LogP contribution is -2.10. The Morgan fingerprint density at radius 2 is 1.69 bits per heavy atom. The predicted octanol–water partition coefficient (Wildman–Crippen LogP) is 4.16. The zero-order chi connectivity index (χ0) is 18.1. The average molecular weight is 346 g/mol. The highest BCUT2D eigenvalue weighted by molar-refractivity contribution is 6.04. The summed E-state index contributed by atoms with van der Waals surface area (Å²) in [5, 5.41) is 23.6. The molecule has 0 aliphatic heterocycles. The van der Waals surface area contributed by atoms with Gasteiger partial charge in [0.05, 0.1) is 5.52 Å². The van der Waals surface area contributed by atoms with Gasteiger partial charge in [0, 0.05) is 22.7 Å². The maximum absolute atomic E-state index is 12.2. The van der Waals surface area contributed by atoms with Gasteiger partial charge >= 0.3 is 0 Å². The average Bonchev–Trinajstić information content (AvgIpc) is 2.96. The largest absolute Gasteiger partial charge is 0.502 e. The number of hydrogen-bond donors (Lipinski definition) is 3. The van der Waals surface area contributed by atoms with Crippen LogP contribution in [0, 0.1) is 0 Å². The molecular formula is C20H14N2O4. The summed E-state index contributed by atoms with van der Waals surface area (Å²) in [6.45, 7) is 0. The second kappa shape index (κ2) is 6.25. The van der Waals surface area contributed by atoms with E-state index in [0.29, 0.717) is 11.1 Å². The smallest absolute Gasteiger partial charge is 0.258 e. The molecule has 4 aromatic rings. The molecule has 128 valence electrons. The second-order valence-corrected chi connectivity index (χ2v) is 5.69. The van der Waals surface area contributed by atoms with Gasteiger partial charge in [-0.05, 0) is 24.3 Å². The van der Waals surface area contributed by atoms with Crippen molar-refractivity contribution in [3.05, 3.63) is 72.4 Å². The van der Waals surface area contributed by atoms with Crippen molar-refractivity contribution in [3.8, 4) is 22.8 Å². The molecule has 6 nitrogen and oxygen atoms in total. The number of benzene rings is 2. The van der Waals surface area contributed by atoms with E-state index in [0.717, 1.165) is 10.9 Å². The predicted molar refractivity (Wildman–Crippen MR) is 97.2 cm³/mol. The Hall–Kier alpha value is -3.80. The Kier molecular flexibility index (Phi) is 3.78. The lowest BCUT2D eigenvalue weighted by atomic mass is 10.1. The molecule has 0 radical (unpaired) electrons. The first-order valence-corrected chi connectivity index (χ1v) is 7.90. The van der Waals surface area contributed by atoms with Gasteiger partial charge in [-0.15, -0.1) is 0 Å². The minimum Gasteiger partial charge on any atom is -0.502 e. The molecular weight excluding hydrogens is 332 g/mol. The molecule has 6 heteroatoms. The molecule has 26 heavy (non-hydrogen) atoms. The van der Waals surface area contributed by atoms with E-state index in [-0.39, 0.29) is 11.6 Å². The number of fused-ring (bicyclic) bond motifs is 1. The lowest BCUT2D eigenvalue weighted by Gasteiger charge is -2.02. The number of para-hydroxylation sites is 1.